The zero-order valence-electron chi connectivity index (χ0n) is 18.4. The Hall–Kier alpha value is -3.16. The van der Waals surface area contributed by atoms with E-state index in [1.165, 1.54) is 6.26 Å². The average molecular weight is 519 g/mol. The van der Waals surface area contributed by atoms with E-state index in [0.717, 1.165) is 41.8 Å². The molecule has 172 valence electrons. The van der Waals surface area contributed by atoms with Crippen molar-refractivity contribution in [2.45, 2.75) is 25.4 Å². The Morgan fingerprint density at radius 3 is 2.65 bits per heavy atom. The van der Waals surface area contributed by atoms with E-state index in [1.54, 1.807) is 18.2 Å². The van der Waals surface area contributed by atoms with Crippen LogP contribution in [-0.2, 0) is 13.1 Å². The molecule has 34 heavy (non-hydrogen) atoms. The number of hydrogen-bond donors (Lipinski definition) is 1. The van der Waals surface area contributed by atoms with Gasteiger partial charge in [-0.05, 0) is 48.2 Å². The SMILES string of the molecule is O=c1c(-c2ccc(Br)cc2)coc2c(CN3C[C@H]4C[C@@H](C3)c3cccc(=O)n3C4)c(O)ccc12. The highest BCUT2D eigenvalue weighted by Gasteiger charge is 2.35. The van der Waals surface area contributed by atoms with E-state index in [0.29, 0.717) is 34.6 Å². The maximum atomic E-state index is 13.3. The van der Waals surface area contributed by atoms with E-state index in [4.69, 9.17) is 4.42 Å². The summed E-state index contributed by atoms with van der Waals surface area (Å²) in [6, 6.07) is 16.3. The lowest BCUT2D eigenvalue weighted by Gasteiger charge is -2.42. The number of pyridine rings is 1. The molecular formula is C27H23BrN2O4. The number of fused-ring (bicyclic) bond motifs is 5. The molecule has 2 aromatic carbocycles. The third-order valence-corrected chi connectivity index (χ3v) is 7.64. The summed E-state index contributed by atoms with van der Waals surface area (Å²) in [7, 11) is 0. The van der Waals surface area contributed by atoms with Crippen LogP contribution in [0, 0.1) is 5.92 Å². The van der Waals surface area contributed by atoms with Crippen molar-refractivity contribution >= 4 is 26.9 Å². The molecule has 1 fully saturated rings. The van der Waals surface area contributed by atoms with Crippen LogP contribution in [0.25, 0.3) is 22.1 Å². The number of nitrogens with zero attached hydrogens (tertiary/aromatic N) is 2. The van der Waals surface area contributed by atoms with Gasteiger partial charge < -0.3 is 14.1 Å². The number of benzene rings is 2. The lowest BCUT2D eigenvalue weighted by atomic mass is 9.83. The van der Waals surface area contributed by atoms with E-state index in [1.807, 2.05) is 41.0 Å². The smallest absolute Gasteiger partial charge is 0.250 e. The summed E-state index contributed by atoms with van der Waals surface area (Å²) in [6.45, 7) is 2.81. The minimum absolute atomic E-state index is 0.0655. The molecule has 6 rings (SSSR count). The van der Waals surface area contributed by atoms with Gasteiger partial charge in [0, 0.05) is 48.3 Å². The van der Waals surface area contributed by atoms with Crippen LogP contribution in [0.2, 0.25) is 0 Å². The fourth-order valence-electron chi connectivity index (χ4n) is 5.58. The zero-order valence-corrected chi connectivity index (χ0v) is 20.0. The number of halogens is 1. The lowest BCUT2D eigenvalue weighted by molar-refractivity contribution is 0.113. The van der Waals surface area contributed by atoms with Gasteiger partial charge in [-0.2, -0.15) is 0 Å². The van der Waals surface area contributed by atoms with Crippen molar-refractivity contribution < 1.29 is 9.52 Å². The van der Waals surface area contributed by atoms with Gasteiger partial charge in [-0.3, -0.25) is 14.5 Å². The van der Waals surface area contributed by atoms with Gasteiger partial charge in [-0.15, -0.1) is 0 Å². The first-order chi connectivity index (χ1) is 16.5. The van der Waals surface area contributed by atoms with Gasteiger partial charge >= 0.3 is 0 Å². The Morgan fingerprint density at radius 1 is 1.00 bits per heavy atom. The van der Waals surface area contributed by atoms with Crippen molar-refractivity contribution in [3.05, 3.63) is 97.2 Å². The number of aromatic hydroxyl groups is 1. The van der Waals surface area contributed by atoms with Crippen molar-refractivity contribution in [1.82, 2.24) is 9.47 Å². The van der Waals surface area contributed by atoms with Gasteiger partial charge in [0.2, 0.25) is 5.43 Å². The van der Waals surface area contributed by atoms with E-state index in [2.05, 4.69) is 20.8 Å². The zero-order chi connectivity index (χ0) is 23.4. The molecule has 4 heterocycles. The molecule has 2 aromatic heterocycles. The molecule has 2 aliphatic rings. The molecule has 2 aliphatic heterocycles. The predicted octanol–water partition coefficient (Wildman–Crippen LogP) is 4.71. The highest BCUT2D eigenvalue weighted by molar-refractivity contribution is 9.10. The molecule has 2 bridgehead atoms. The standard InChI is InChI=1S/C27H23BrN2O4/c28-19-6-4-17(5-7-19)22-15-34-27-20(26(22)33)8-9-24(31)21(27)14-29-11-16-10-18(13-29)23-2-1-3-25(32)30(23)12-16/h1-9,15-16,18,31H,10-14H2/t16-,18+/m1/s1. The van der Waals surface area contributed by atoms with Gasteiger partial charge in [-0.25, -0.2) is 0 Å². The van der Waals surface area contributed by atoms with Gasteiger partial charge in [-0.1, -0.05) is 34.1 Å². The number of phenolic OH excluding ortho intramolecular Hbond substituents is 1. The van der Waals surface area contributed by atoms with Crippen molar-refractivity contribution in [2.24, 2.45) is 5.92 Å². The largest absolute Gasteiger partial charge is 0.507 e. The van der Waals surface area contributed by atoms with E-state index < -0.39 is 0 Å². The summed E-state index contributed by atoms with van der Waals surface area (Å²) in [5.74, 6) is 0.772. The molecule has 0 radical (unpaired) electrons. The van der Waals surface area contributed by atoms with Gasteiger partial charge in [0.25, 0.3) is 5.56 Å². The summed E-state index contributed by atoms with van der Waals surface area (Å²) in [5, 5.41) is 11.2. The summed E-state index contributed by atoms with van der Waals surface area (Å²) >= 11 is 3.42. The minimum atomic E-state index is -0.117. The molecule has 0 saturated carbocycles. The number of piperidine rings is 1. The molecule has 6 nitrogen and oxygen atoms in total. The Balaban J connectivity index is 1.35. The second-order valence-electron chi connectivity index (χ2n) is 9.32. The van der Waals surface area contributed by atoms with Crippen LogP contribution < -0.4 is 11.0 Å². The number of phenols is 1. The third kappa shape index (κ3) is 3.60. The maximum Gasteiger partial charge on any atom is 0.250 e. The summed E-state index contributed by atoms with van der Waals surface area (Å²) in [6.07, 6.45) is 2.55. The van der Waals surface area contributed by atoms with Crippen LogP contribution in [-0.4, -0.2) is 27.7 Å². The number of aromatic nitrogens is 1. The summed E-state index contributed by atoms with van der Waals surface area (Å²) in [4.78, 5) is 27.9. The van der Waals surface area contributed by atoms with Crippen molar-refractivity contribution in [3.8, 4) is 16.9 Å². The second-order valence-corrected chi connectivity index (χ2v) is 10.2. The Kier molecular flexibility index (Phi) is 5.19. The fraction of sp³-hybridized carbons (Fsp3) is 0.259. The molecule has 0 unspecified atom stereocenters. The molecule has 2 atom stereocenters. The van der Waals surface area contributed by atoms with Crippen LogP contribution in [0.1, 0.15) is 23.6 Å². The van der Waals surface area contributed by atoms with Crippen molar-refractivity contribution in [2.75, 3.05) is 13.1 Å². The first-order valence-corrected chi connectivity index (χ1v) is 12.2. The van der Waals surface area contributed by atoms with E-state index in [-0.39, 0.29) is 22.7 Å². The highest BCUT2D eigenvalue weighted by Crippen LogP contribution is 2.37. The number of likely N-dealkylation sites (tertiary alicyclic amines) is 1. The van der Waals surface area contributed by atoms with E-state index >= 15 is 0 Å². The molecule has 1 saturated heterocycles. The van der Waals surface area contributed by atoms with Crippen LogP contribution in [0.3, 0.4) is 0 Å². The number of rotatable bonds is 3. The minimum Gasteiger partial charge on any atom is -0.507 e. The topological polar surface area (TPSA) is 75.7 Å². The molecule has 0 amide bonds. The average Bonchev–Trinajstić information content (AvgIpc) is 2.83. The second kappa shape index (κ2) is 8.25. The predicted molar refractivity (Wildman–Crippen MR) is 134 cm³/mol. The van der Waals surface area contributed by atoms with Gasteiger partial charge in [0.1, 0.15) is 17.6 Å². The van der Waals surface area contributed by atoms with E-state index in [9.17, 15) is 14.7 Å². The molecular weight excluding hydrogens is 496 g/mol. The molecule has 1 N–H and O–H groups in total. The summed E-state index contributed by atoms with van der Waals surface area (Å²) in [5.41, 5.74) is 3.36. The Morgan fingerprint density at radius 2 is 1.82 bits per heavy atom. The third-order valence-electron chi connectivity index (χ3n) is 7.11. The monoisotopic (exact) mass is 518 g/mol. The Bertz CT molecular complexity index is 1520. The first-order valence-electron chi connectivity index (χ1n) is 11.4. The molecule has 0 aliphatic carbocycles. The fourth-order valence-corrected chi connectivity index (χ4v) is 5.84. The quantitative estimate of drug-likeness (QED) is 0.425. The molecule has 4 aromatic rings. The molecule has 7 heteroatoms. The summed E-state index contributed by atoms with van der Waals surface area (Å²) < 4.78 is 8.83. The normalized spacial score (nSPS) is 19.8. The van der Waals surface area contributed by atoms with Gasteiger partial charge in [0.05, 0.1) is 16.5 Å². The Labute approximate surface area is 204 Å². The van der Waals surface area contributed by atoms with Crippen LogP contribution in [0.4, 0.5) is 0 Å². The van der Waals surface area contributed by atoms with Crippen molar-refractivity contribution in [3.63, 3.8) is 0 Å². The van der Waals surface area contributed by atoms with Crippen LogP contribution in [0.5, 0.6) is 5.75 Å². The van der Waals surface area contributed by atoms with Crippen LogP contribution in [0.15, 0.2) is 79.3 Å². The molecule has 0 spiro atoms. The first kappa shape index (κ1) is 21.4. The number of hydrogen-bond acceptors (Lipinski definition) is 5. The van der Waals surface area contributed by atoms with Crippen LogP contribution >= 0.6 is 15.9 Å². The van der Waals surface area contributed by atoms with Gasteiger partial charge in [0.15, 0.2) is 0 Å². The highest BCUT2D eigenvalue weighted by atomic mass is 79.9. The lowest BCUT2D eigenvalue weighted by Crippen LogP contribution is -2.46. The maximum absolute atomic E-state index is 13.3. The van der Waals surface area contributed by atoms with Crippen molar-refractivity contribution in [1.29, 1.82) is 0 Å².